The number of carbonyl (C=O) groups excluding carboxylic acids is 1. The first-order valence-electron chi connectivity index (χ1n) is 9.03. The highest BCUT2D eigenvalue weighted by atomic mass is 16.1. The van der Waals surface area contributed by atoms with Gasteiger partial charge in [-0.3, -0.25) is 4.79 Å². The number of amides is 1. The highest BCUT2D eigenvalue weighted by Gasteiger charge is 2.18. The number of nitrogens with one attached hydrogen (secondary N) is 2. The number of rotatable bonds is 7. The molecule has 1 saturated heterocycles. The Kier molecular flexibility index (Phi) is 7.51. The quantitative estimate of drug-likeness (QED) is 0.757. The van der Waals surface area contributed by atoms with E-state index in [4.69, 9.17) is 0 Å². The zero-order chi connectivity index (χ0) is 14.9. The lowest BCUT2D eigenvalue weighted by molar-refractivity contribution is -0.122. The number of hydrogen-bond acceptors (Lipinski definition) is 3. The Bertz CT molecular complexity index is 296. The van der Waals surface area contributed by atoms with Crippen LogP contribution in [-0.4, -0.2) is 49.1 Å². The van der Waals surface area contributed by atoms with E-state index in [1.807, 2.05) is 0 Å². The maximum Gasteiger partial charge on any atom is 0.221 e. The van der Waals surface area contributed by atoms with Crippen molar-refractivity contribution < 1.29 is 4.79 Å². The first-order chi connectivity index (χ1) is 10.3. The molecule has 1 atom stereocenters. The van der Waals surface area contributed by atoms with Crippen LogP contribution in [-0.2, 0) is 4.79 Å². The fourth-order valence-corrected chi connectivity index (χ4v) is 3.58. The van der Waals surface area contributed by atoms with Crippen molar-refractivity contribution in [2.75, 3.05) is 26.2 Å². The summed E-state index contributed by atoms with van der Waals surface area (Å²) in [6.07, 6.45) is 10.8. The first kappa shape index (κ1) is 16.8. The Labute approximate surface area is 130 Å². The molecule has 2 rings (SSSR count). The van der Waals surface area contributed by atoms with Crippen LogP contribution in [0.2, 0.25) is 0 Å². The second-order valence-corrected chi connectivity index (χ2v) is 6.69. The molecule has 21 heavy (non-hydrogen) atoms. The third-order valence-electron chi connectivity index (χ3n) is 4.96. The van der Waals surface area contributed by atoms with Crippen LogP contribution in [0.3, 0.4) is 0 Å². The van der Waals surface area contributed by atoms with Crippen molar-refractivity contribution in [3.63, 3.8) is 0 Å². The van der Waals surface area contributed by atoms with Crippen molar-refractivity contribution in [3.05, 3.63) is 0 Å². The molecule has 0 aromatic rings. The fourth-order valence-electron chi connectivity index (χ4n) is 3.58. The zero-order valence-corrected chi connectivity index (χ0v) is 13.7. The Morgan fingerprint density at radius 2 is 1.90 bits per heavy atom. The van der Waals surface area contributed by atoms with E-state index < -0.39 is 0 Å². The molecular formula is C17H33N3O. The van der Waals surface area contributed by atoms with Crippen molar-refractivity contribution >= 4 is 5.91 Å². The summed E-state index contributed by atoms with van der Waals surface area (Å²) in [5, 5.41) is 6.82. The van der Waals surface area contributed by atoms with E-state index in [-0.39, 0.29) is 5.91 Å². The van der Waals surface area contributed by atoms with Gasteiger partial charge in [0.25, 0.3) is 0 Å². The van der Waals surface area contributed by atoms with Crippen LogP contribution in [0.25, 0.3) is 0 Å². The van der Waals surface area contributed by atoms with Gasteiger partial charge in [-0.15, -0.1) is 0 Å². The van der Waals surface area contributed by atoms with E-state index >= 15 is 0 Å². The monoisotopic (exact) mass is 295 g/mol. The minimum Gasteiger partial charge on any atom is -0.353 e. The summed E-state index contributed by atoms with van der Waals surface area (Å²) in [4.78, 5) is 14.5. The molecule has 2 N–H and O–H groups in total. The summed E-state index contributed by atoms with van der Waals surface area (Å²) >= 11 is 0. The molecule has 0 bridgehead atoms. The van der Waals surface area contributed by atoms with Gasteiger partial charge in [-0.05, 0) is 38.8 Å². The van der Waals surface area contributed by atoms with E-state index in [1.165, 1.54) is 51.4 Å². The normalized spacial score (nSPS) is 24.2. The summed E-state index contributed by atoms with van der Waals surface area (Å²) in [5.41, 5.74) is 0. The molecule has 2 fully saturated rings. The topological polar surface area (TPSA) is 44.4 Å². The number of hydrogen-bond donors (Lipinski definition) is 2. The molecular weight excluding hydrogens is 262 g/mol. The first-order valence-corrected chi connectivity index (χ1v) is 9.03. The van der Waals surface area contributed by atoms with Gasteiger partial charge in [0.1, 0.15) is 0 Å². The van der Waals surface area contributed by atoms with Crippen LogP contribution in [0.5, 0.6) is 0 Å². The van der Waals surface area contributed by atoms with Gasteiger partial charge in [-0.2, -0.15) is 0 Å². The van der Waals surface area contributed by atoms with Crippen molar-refractivity contribution in [1.82, 2.24) is 15.5 Å². The molecule has 0 aromatic carbocycles. The third-order valence-corrected chi connectivity index (χ3v) is 4.96. The van der Waals surface area contributed by atoms with Gasteiger partial charge in [0.05, 0.1) is 0 Å². The summed E-state index contributed by atoms with van der Waals surface area (Å²) in [5.74, 6) is 0.247. The van der Waals surface area contributed by atoms with Gasteiger partial charge in [0.15, 0.2) is 0 Å². The molecule has 1 heterocycles. The van der Waals surface area contributed by atoms with Crippen LogP contribution in [0.15, 0.2) is 0 Å². The molecule has 1 saturated carbocycles. The molecule has 122 valence electrons. The summed E-state index contributed by atoms with van der Waals surface area (Å²) in [6.45, 7) is 6.38. The van der Waals surface area contributed by atoms with E-state index in [2.05, 4.69) is 22.5 Å². The predicted molar refractivity (Wildman–Crippen MR) is 87.4 cm³/mol. The van der Waals surface area contributed by atoms with Crippen molar-refractivity contribution in [3.8, 4) is 0 Å². The fraction of sp³-hybridized carbons (Fsp3) is 0.941. The van der Waals surface area contributed by atoms with E-state index in [1.54, 1.807) is 0 Å². The summed E-state index contributed by atoms with van der Waals surface area (Å²) in [7, 11) is 0. The van der Waals surface area contributed by atoms with Gasteiger partial charge in [-0.1, -0.05) is 32.6 Å². The molecule has 2 aliphatic rings. The number of likely N-dealkylation sites (N-methyl/N-ethyl adjacent to an activating group) is 1. The van der Waals surface area contributed by atoms with Crippen LogP contribution in [0.4, 0.5) is 0 Å². The Morgan fingerprint density at radius 1 is 1.14 bits per heavy atom. The van der Waals surface area contributed by atoms with Crippen molar-refractivity contribution in [1.29, 1.82) is 0 Å². The number of piperidine rings is 1. The zero-order valence-electron chi connectivity index (χ0n) is 13.7. The molecule has 0 spiro atoms. The largest absolute Gasteiger partial charge is 0.353 e. The van der Waals surface area contributed by atoms with Gasteiger partial charge in [-0.25, -0.2) is 0 Å². The maximum atomic E-state index is 12.1. The van der Waals surface area contributed by atoms with E-state index in [9.17, 15) is 4.79 Å². The average molecular weight is 295 g/mol. The summed E-state index contributed by atoms with van der Waals surface area (Å²) in [6, 6.07) is 1.07. The molecule has 1 amide bonds. The molecule has 4 heteroatoms. The number of carbonyl (C=O) groups is 1. The van der Waals surface area contributed by atoms with Crippen LogP contribution < -0.4 is 10.6 Å². The van der Waals surface area contributed by atoms with Crippen LogP contribution >= 0.6 is 0 Å². The van der Waals surface area contributed by atoms with Crippen molar-refractivity contribution in [2.45, 2.75) is 76.8 Å². The summed E-state index contributed by atoms with van der Waals surface area (Å²) < 4.78 is 0. The average Bonchev–Trinajstić information content (AvgIpc) is 2.53. The van der Waals surface area contributed by atoms with E-state index in [0.717, 1.165) is 26.2 Å². The minimum absolute atomic E-state index is 0.247. The highest BCUT2D eigenvalue weighted by Crippen LogP contribution is 2.17. The maximum absolute atomic E-state index is 12.1. The molecule has 0 aromatic heterocycles. The predicted octanol–water partition coefficient (Wildman–Crippen LogP) is 2.29. The highest BCUT2D eigenvalue weighted by molar-refractivity contribution is 5.76. The third kappa shape index (κ3) is 6.35. The lowest BCUT2D eigenvalue weighted by atomic mass is 9.95. The second kappa shape index (κ2) is 9.42. The van der Waals surface area contributed by atoms with Crippen LogP contribution in [0.1, 0.15) is 64.7 Å². The lowest BCUT2D eigenvalue weighted by Gasteiger charge is -2.30. The number of nitrogens with zero attached hydrogens (tertiary/aromatic N) is 1. The standard InChI is InChI=1S/C17H33N3O/c1-2-20(14-16-10-6-7-12-18-16)13-11-17(21)19-15-8-4-3-5-9-15/h15-16,18H,2-14H2,1H3,(H,19,21). The molecule has 1 unspecified atom stereocenters. The van der Waals surface area contributed by atoms with Gasteiger partial charge in [0.2, 0.25) is 5.91 Å². The Morgan fingerprint density at radius 3 is 2.57 bits per heavy atom. The Hall–Kier alpha value is -0.610. The van der Waals surface area contributed by atoms with Gasteiger partial charge >= 0.3 is 0 Å². The smallest absolute Gasteiger partial charge is 0.221 e. The van der Waals surface area contributed by atoms with E-state index in [0.29, 0.717) is 18.5 Å². The van der Waals surface area contributed by atoms with Gasteiger partial charge < -0.3 is 15.5 Å². The second-order valence-electron chi connectivity index (χ2n) is 6.69. The SMILES string of the molecule is CCN(CCC(=O)NC1CCCCC1)CC1CCCCN1. The lowest BCUT2D eigenvalue weighted by Crippen LogP contribution is -2.45. The van der Waals surface area contributed by atoms with Crippen molar-refractivity contribution in [2.24, 2.45) is 0 Å². The van der Waals surface area contributed by atoms with Gasteiger partial charge in [0, 0.05) is 31.6 Å². The molecule has 0 radical (unpaired) electrons. The molecule has 1 aliphatic carbocycles. The van der Waals surface area contributed by atoms with Crippen LogP contribution in [0, 0.1) is 0 Å². The minimum atomic E-state index is 0.247. The molecule has 4 nitrogen and oxygen atoms in total. The molecule has 1 aliphatic heterocycles. The Balaban J connectivity index is 1.63.